The lowest BCUT2D eigenvalue weighted by Crippen LogP contribution is -2.35. The molecule has 1 saturated heterocycles. The lowest BCUT2D eigenvalue weighted by Gasteiger charge is -2.22. The van der Waals surface area contributed by atoms with Gasteiger partial charge in [0.1, 0.15) is 6.20 Å². The largest absolute Gasteiger partial charge is 0.347 e. The lowest BCUT2D eigenvalue weighted by atomic mass is 10.00. The van der Waals surface area contributed by atoms with Crippen molar-refractivity contribution in [2.24, 2.45) is 5.92 Å². The molecule has 0 aromatic carbocycles. The standard InChI is InChI=1S/C10H14N4O3/c15-10-12-5-9(14(16)17)7-13(10)6-8-2-1-3-11-4-8/h5,7-8,11H,1-4,6H2. The molecular weight excluding hydrogens is 224 g/mol. The van der Waals surface area contributed by atoms with Gasteiger partial charge in [0.15, 0.2) is 0 Å². The van der Waals surface area contributed by atoms with E-state index in [9.17, 15) is 14.9 Å². The Labute approximate surface area is 97.6 Å². The first-order chi connectivity index (χ1) is 8.16. The molecule has 1 aliphatic rings. The first kappa shape index (κ1) is 11.7. The van der Waals surface area contributed by atoms with Crippen LogP contribution in [0.15, 0.2) is 17.2 Å². The zero-order valence-corrected chi connectivity index (χ0v) is 9.33. The number of hydrogen-bond donors (Lipinski definition) is 1. The van der Waals surface area contributed by atoms with Crippen molar-refractivity contribution in [2.45, 2.75) is 19.4 Å². The highest BCUT2D eigenvalue weighted by atomic mass is 16.6. The first-order valence-corrected chi connectivity index (χ1v) is 5.58. The SMILES string of the molecule is O=c1ncc([N+](=O)[O-])cn1CC1CCCNC1. The van der Waals surface area contributed by atoms with Gasteiger partial charge in [-0.25, -0.2) is 4.79 Å². The quantitative estimate of drug-likeness (QED) is 0.598. The van der Waals surface area contributed by atoms with E-state index in [-0.39, 0.29) is 5.69 Å². The van der Waals surface area contributed by atoms with Gasteiger partial charge in [-0.2, -0.15) is 4.98 Å². The van der Waals surface area contributed by atoms with Gasteiger partial charge in [-0.05, 0) is 31.8 Å². The molecular formula is C10H14N4O3. The van der Waals surface area contributed by atoms with Crippen molar-refractivity contribution in [3.8, 4) is 0 Å². The van der Waals surface area contributed by atoms with Gasteiger partial charge in [-0.15, -0.1) is 0 Å². The molecule has 1 aromatic rings. The molecule has 17 heavy (non-hydrogen) atoms. The molecule has 2 rings (SSSR count). The van der Waals surface area contributed by atoms with Gasteiger partial charge in [0.05, 0.1) is 11.1 Å². The summed E-state index contributed by atoms with van der Waals surface area (Å²) in [5, 5.41) is 13.8. The highest BCUT2D eigenvalue weighted by Crippen LogP contribution is 2.13. The molecule has 1 N–H and O–H groups in total. The number of nitrogens with zero attached hydrogens (tertiary/aromatic N) is 3. The van der Waals surface area contributed by atoms with Crippen LogP contribution >= 0.6 is 0 Å². The van der Waals surface area contributed by atoms with Crippen molar-refractivity contribution >= 4 is 5.69 Å². The van der Waals surface area contributed by atoms with Crippen molar-refractivity contribution in [1.82, 2.24) is 14.9 Å². The van der Waals surface area contributed by atoms with E-state index in [0.717, 1.165) is 32.1 Å². The number of aromatic nitrogens is 2. The van der Waals surface area contributed by atoms with Gasteiger partial charge < -0.3 is 5.32 Å². The molecule has 0 spiro atoms. The second kappa shape index (κ2) is 5.05. The summed E-state index contributed by atoms with van der Waals surface area (Å²) in [6.45, 7) is 2.33. The molecule has 1 atom stereocenters. The summed E-state index contributed by atoms with van der Waals surface area (Å²) in [4.78, 5) is 25.0. The smallest absolute Gasteiger partial charge is 0.316 e. The molecule has 0 radical (unpaired) electrons. The van der Waals surface area contributed by atoms with Crippen molar-refractivity contribution in [3.05, 3.63) is 33.0 Å². The monoisotopic (exact) mass is 238 g/mol. The number of nitro groups is 1. The Kier molecular flexibility index (Phi) is 3.48. The molecule has 0 saturated carbocycles. The Morgan fingerprint density at radius 2 is 2.47 bits per heavy atom. The average molecular weight is 238 g/mol. The summed E-state index contributed by atoms with van der Waals surface area (Å²) >= 11 is 0. The van der Waals surface area contributed by atoms with E-state index in [4.69, 9.17) is 0 Å². The predicted molar refractivity (Wildman–Crippen MR) is 60.7 cm³/mol. The molecule has 0 aliphatic carbocycles. The number of piperidine rings is 1. The maximum absolute atomic E-state index is 11.5. The van der Waals surface area contributed by atoms with Gasteiger partial charge in [-0.3, -0.25) is 14.7 Å². The third-order valence-corrected chi connectivity index (χ3v) is 2.91. The predicted octanol–water partition coefficient (Wildman–Crippen LogP) is 0.151. The normalized spacial score (nSPS) is 20.1. The van der Waals surface area contributed by atoms with Crippen molar-refractivity contribution in [2.75, 3.05) is 13.1 Å². The minimum atomic E-state index is -0.540. The Bertz CT molecular complexity index is 465. The van der Waals surface area contributed by atoms with Crippen LogP contribution in [0.3, 0.4) is 0 Å². The summed E-state index contributed by atoms with van der Waals surface area (Å²) in [5.41, 5.74) is -0.574. The average Bonchev–Trinajstić information content (AvgIpc) is 2.33. The van der Waals surface area contributed by atoms with Gasteiger partial charge in [0.2, 0.25) is 0 Å². The van der Waals surface area contributed by atoms with Crippen molar-refractivity contribution < 1.29 is 4.92 Å². The first-order valence-electron chi connectivity index (χ1n) is 5.58. The zero-order valence-electron chi connectivity index (χ0n) is 9.33. The Morgan fingerprint density at radius 1 is 1.65 bits per heavy atom. The van der Waals surface area contributed by atoms with Crippen LogP contribution in [0.2, 0.25) is 0 Å². The van der Waals surface area contributed by atoms with Crippen LogP contribution in [-0.2, 0) is 6.54 Å². The number of hydrogen-bond acceptors (Lipinski definition) is 5. The van der Waals surface area contributed by atoms with Gasteiger partial charge in [-0.1, -0.05) is 0 Å². The maximum Gasteiger partial charge on any atom is 0.347 e. The Balaban J connectivity index is 2.16. The van der Waals surface area contributed by atoms with E-state index in [1.807, 2.05) is 0 Å². The molecule has 1 unspecified atom stereocenters. The van der Waals surface area contributed by atoms with Crippen LogP contribution in [0.5, 0.6) is 0 Å². The second-order valence-electron chi connectivity index (χ2n) is 4.22. The number of rotatable bonds is 3. The summed E-state index contributed by atoms with van der Waals surface area (Å²) in [6, 6.07) is 0. The van der Waals surface area contributed by atoms with Crippen LogP contribution in [0.25, 0.3) is 0 Å². The fraction of sp³-hybridized carbons (Fsp3) is 0.600. The summed E-state index contributed by atoms with van der Waals surface area (Å²) in [5.74, 6) is 0.338. The fourth-order valence-corrected chi connectivity index (χ4v) is 2.03. The molecule has 0 bridgehead atoms. The Morgan fingerprint density at radius 3 is 3.12 bits per heavy atom. The van der Waals surface area contributed by atoms with Gasteiger partial charge in [0, 0.05) is 6.54 Å². The minimum Gasteiger partial charge on any atom is -0.316 e. The topological polar surface area (TPSA) is 90.1 Å². The highest BCUT2D eigenvalue weighted by Gasteiger charge is 2.16. The number of nitrogens with one attached hydrogen (secondary N) is 1. The lowest BCUT2D eigenvalue weighted by molar-refractivity contribution is -0.385. The van der Waals surface area contributed by atoms with Crippen molar-refractivity contribution in [1.29, 1.82) is 0 Å². The molecule has 7 nitrogen and oxygen atoms in total. The van der Waals surface area contributed by atoms with E-state index in [2.05, 4.69) is 10.3 Å². The Hall–Kier alpha value is -1.76. The van der Waals surface area contributed by atoms with Gasteiger partial charge >= 0.3 is 11.4 Å². The van der Waals surface area contributed by atoms with E-state index in [1.165, 1.54) is 10.8 Å². The summed E-state index contributed by atoms with van der Waals surface area (Å²) in [7, 11) is 0. The fourth-order valence-electron chi connectivity index (χ4n) is 2.03. The third kappa shape index (κ3) is 2.88. The van der Waals surface area contributed by atoms with E-state index >= 15 is 0 Å². The van der Waals surface area contributed by atoms with Gasteiger partial charge in [0.25, 0.3) is 0 Å². The second-order valence-corrected chi connectivity index (χ2v) is 4.22. The third-order valence-electron chi connectivity index (χ3n) is 2.91. The summed E-state index contributed by atoms with van der Waals surface area (Å²) in [6.07, 6.45) is 4.37. The molecule has 1 fully saturated rings. The molecule has 1 aromatic heterocycles. The molecule has 1 aliphatic heterocycles. The van der Waals surface area contributed by atoms with E-state index in [1.54, 1.807) is 0 Å². The van der Waals surface area contributed by atoms with Crippen molar-refractivity contribution in [3.63, 3.8) is 0 Å². The maximum atomic E-state index is 11.5. The van der Waals surface area contributed by atoms with Crippen LogP contribution in [0, 0.1) is 16.0 Å². The van der Waals surface area contributed by atoms with Crippen LogP contribution in [0.4, 0.5) is 5.69 Å². The molecule has 7 heteroatoms. The van der Waals surface area contributed by atoms with E-state index < -0.39 is 10.6 Å². The van der Waals surface area contributed by atoms with Crippen LogP contribution < -0.4 is 11.0 Å². The zero-order chi connectivity index (χ0) is 12.3. The molecule has 2 heterocycles. The van der Waals surface area contributed by atoms with E-state index in [0.29, 0.717) is 12.5 Å². The summed E-state index contributed by atoms with van der Waals surface area (Å²) < 4.78 is 1.33. The van der Waals surface area contributed by atoms with Crippen LogP contribution in [0.1, 0.15) is 12.8 Å². The molecule has 92 valence electrons. The van der Waals surface area contributed by atoms with Crippen LogP contribution in [-0.4, -0.2) is 27.6 Å². The minimum absolute atomic E-state index is 0.145. The molecule has 0 amide bonds. The highest BCUT2D eigenvalue weighted by molar-refractivity contribution is 5.20.